The largest absolute Gasteiger partial charge is 0.371 e. The number of amides is 1. The maximum Gasteiger partial charge on any atom is 0.268 e. The lowest BCUT2D eigenvalue weighted by molar-refractivity contribution is -0.118. The van der Waals surface area contributed by atoms with Crippen molar-refractivity contribution in [3.63, 3.8) is 0 Å². The molecule has 198 valence electrons. The Morgan fingerprint density at radius 3 is 2.37 bits per heavy atom. The number of nitrogens with one attached hydrogen (secondary N) is 1. The van der Waals surface area contributed by atoms with E-state index in [1.807, 2.05) is 49.2 Å². The number of halogens is 2. The minimum absolute atomic E-state index is 0.147. The monoisotopic (exact) mass is 591 g/mol. The zero-order chi connectivity index (χ0) is 27.2. The third-order valence-electron chi connectivity index (χ3n) is 7.25. The second-order valence-electron chi connectivity index (χ2n) is 9.80. The van der Waals surface area contributed by atoms with Crippen LogP contribution in [-0.4, -0.2) is 23.9 Å². The molecule has 1 amide bonds. The standard InChI is InChI=1S/C32H35BrClN3O/c1-5-29(22(2)3)31(37-18-6-7-30(33)23(37)4)32(38)35-21-24-8-14-28(15-9-24)36-19-16-26(17-20-36)25-10-12-27(34)13-11-25/h6-15,18,26H,2,4-5,16-17,19-21H2,1,3H3,(H,35,38)/b31-29-. The van der Waals surface area contributed by atoms with E-state index in [1.54, 1.807) is 0 Å². The van der Waals surface area contributed by atoms with Gasteiger partial charge in [0, 0.05) is 41.0 Å². The van der Waals surface area contributed by atoms with Crippen molar-refractivity contribution in [1.29, 1.82) is 0 Å². The van der Waals surface area contributed by atoms with E-state index in [4.69, 9.17) is 11.6 Å². The van der Waals surface area contributed by atoms with Gasteiger partial charge in [0.1, 0.15) is 5.70 Å². The van der Waals surface area contributed by atoms with E-state index in [9.17, 15) is 4.79 Å². The molecule has 2 aromatic rings. The van der Waals surface area contributed by atoms with Crippen molar-refractivity contribution in [2.24, 2.45) is 0 Å². The second kappa shape index (κ2) is 12.7. The molecule has 0 saturated carbocycles. The van der Waals surface area contributed by atoms with Gasteiger partial charge in [-0.15, -0.1) is 0 Å². The summed E-state index contributed by atoms with van der Waals surface area (Å²) in [5.41, 5.74) is 6.71. The number of carbonyl (C=O) groups is 1. The predicted molar refractivity (Wildman–Crippen MR) is 163 cm³/mol. The summed E-state index contributed by atoms with van der Waals surface area (Å²) in [6.45, 7) is 14.7. The SMILES string of the molecule is C=C(C)/C(CC)=C(/C(=O)NCc1ccc(N2CCC(c3ccc(Cl)cc3)CC2)cc1)N1C=CC=C(Br)C1=C. The highest BCUT2D eigenvalue weighted by atomic mass is 79.9. The molecule has 0 unspecified atom stereocenters. The van der Waals surface area contributed by atoms with Crippen LogP contribution in [0.1, 0.15) is 50.2 Å². The maximum atomic E-state index is 13.5. The highest BCUT2D eigenvalue weighted by Crippen LogP contribution is 2.32. The molecule has 0 aromatic heterocycles. The Bertz CT molecular complexity index is 1280. The number of hydrogen-bond donors (Lipinski definition) is 1. The summed E-state index contributed by atoms with van der Waals surface area (Å²) < 4.78 is 0.843. The first-order chi connectivity index (χ1) is 18.3. The summed E-state index contributed by atoms with van der Waals surface area (Å²) in [4.78, 5) is 17.8. The quantitative estimate of drug-likeness (QED) is 0.248. The molecule has 38 heavy (non-hydrogen) atoms. The zero-order valence-electron chi connectivity index (χ0n) is 22.1. The second-order valence-corrected chi connectivity index (χ2v) is 11.1. The molecule has 2 aromatic carbocycles. The van der Waals surface area contributed by atoms with Crippen molar-refractivity contribution in [2.75, 3.05) is 18.0 Å². The average Bonchev–Trinajstić information content (AvgIpc) is 2.93. The molecule has 2 heterocycles. The molecule has 1 saturated heterocycles. The molecular weight excluding hydrogens is 558 g/mol. The third kappa shape index (κ3) is 6.51. The molecule has 4 nitrogen and oxygen atoms in total. The predicted octanol–water partition coefficient (Wildman–Crippen LogP) is 8.20. The van der Waals surface area contributed by atoms with Gasteiger partial charge < -0.3 is 15.1 Å². The van der Waals surface area contributed by atoms with Crippen molar-refractivity contribution >= 4 is 39.1 Å². The van der Waals surface area contributed by atoms with E-state index in [0.717, 1.165) is 52.1 Å². The van der Waals surface area contributed by atoms with Gasteiger partial charge >= 0.3 is 0 Å². The number of carbonyl (C=O) groups excluding carboxylic acids is 1. The molecule has 0 bridgehead atoms. The fourth-order valence-corrected chi connectivity index (χ4v) is 5.55. The van der Waals surface area contributed by atoms with Gasteiger partial charge in [-0.25, -0.2) is 0 Å². The number of hydrogen-bond acceptors (Lipinski definition) is 3. The van der Waals surface area contributed by atoms with Crippen LogP contribution in [0.5, 0.6) is 0 Å². The summed E-state index contributed by atoms with van der Waals surface area (Å²) in [5.74, 6) is 0.431. The van der Waals surface area contributed by atoms with Gasteiger partial charge in [-0.3, -0.25) is 4.79 Å². The first-order valence-electron chi connectivity index (χ1n) is 13.1. The van der Waals surface area contributed by atoms with E-state index >= 15 is 0 Å². The van der Waals surface area contributed by atoms with Gasteiger partial charge in [-0.1, -0.05) is 61.5 Å². The maximum absolute atomic E-state index is 13.5. The number of rotatable bonds is 8. The van der Waals surface area contributed by atoms with Crippen LogP contribution in [-0.2, 0) is 11.3 Å². The molecule has 2 aliphatic rings. The number of anilines is 1. The molecular formula is C32H35BrClN3O. The fourth-order valence-electron chi connectivity index (χ4n) is 5.08. The molecule has 0 radical (unpaired) electrons. The Morgan fingerprint density at radius 2 is 1.76 bits per heavy atom. The van der Waals surface area contributed by atoms with Crippen LogP contribution in [0.15, 0.2) is 107 Å². The molecule has 6 heteroatoms. The molecule has 4 rings (SSSR count). The normalized spacial score (nSPS) is 16.7. The molecule has 0 spiro atoms. The number of allylic oxidation sites excluding steroid dienone is 5. The van der Waals surface area contributed by atoms with Crippen molar-refractivity contribution < 1.29 is 4.79 Å². The average molecular weight is 593 g/mol. The molecule has 0 aliphatic carbocycles. The molecule has 1 N–H and O–H groups in total. The van der Waals surface area contributed by atoms with Crippen molar-refractivity contribution in [3.8, 4) is 0 Å². The van der Waals surface area contributed by atoms with Gasteiger partial charge in [0.2, 0.25) is 0 Å². The Balaban J connectivity index is 1.39. The van der Waals surface area contributed by atoms with Crippen LogP contribution in [0.3, 0.4) is 0 Å². The van der Waals surface area contributed by atoms with Gasteiger partial charge in [0.05, 0.1) is 5.70 Å². The first kappa shape index (κ1) is 28.0. The highest BCUT2D eigenvalue weighted by Gasteiger charge is 2.25. The first-order valence-corrected chi connectivity index (χ1v) is 14.2. The van der Waals surface area contributed by atoms with Crippen LogP contribution in [0.2, 0.25) is 5.02 Å². The summed E-state index contributed by atoms with van der Waals surface area (Å²) in [7, 11) is 0. The Morgan fingerprint density at radius 1 is 1.11 bits per heavy atom. The van der Waals surface area contributed by atoms with E-state index in [2.05, 4.69) is 75.7 Å². The Hall–Kier alpha value is -3.02. The van der Waals surface area contributed by atoms with E-state index in [-0.39, 0.29) is 5.91 Å². The lowest BCUT2D eigenvalue weighted by Crippen LogP contribution is -2.34. The van der Waals surface area contributed by atoms with Gasteiger partial charge in [-0.2, -0.15) is 0 Å². The fraction of sp³-hybridized carbons (Fsp3) is 0.281. The molecule has 1 fully saturated rings. The minimum Gasteiger partial charge on any atom is -0.371 e. The van der Waals surface area contributed by atoms with Gasteiger partial charge in [0.25, 0.3) is 5.91 Å². The Labute approximate surface area is 240 Å². The van der Waals surface area contributed by atoms with Crippen molar-refractivity contribution in [1.82, 2.24) is 10.2 Å². The summed E-state index contributed by atoms with van der Waals surface area (Å²) in [6.07, 6.45) is 8.63. The summed E-state index contributed by atoms with van der Waals surface area (Å²) in [5, 5.41) is 3.90. The van der Waals surface area contributed by atoms with E-state index < -0.39 is 0 Å². The Kier molecular flexibility index (Phi) is 9.35. The molecule has 2 aliphatic heterocycles. The molecule has 0 atom stereocenters. The number of piperidine rings is 1. The smallest absolute Gasteiger partial charge is 0.268 e. The van der Waals surface area contributed by atoms with Crippen molar-refractivity contribution in [2.45, 2.75) is 45.6 Å². The van der Waals surface area contributed by atoms with Crippen LogP contribution in [0.25, 0.3) is 0 Å². The van der Waals surface area contributed by atoms with Gasteiger partial charge in [-0.05, 0) is 101 Å². The van der Waals surface area contributed by atoms with E-state index in [1.165, 1.54) is 11.3 Å². The van der Waals surface area contributed by atoms with Crippen LogP contribution >= 0.6 is 27.5 Å². The van der Waals surface area contributed by atoms with Gasteiger partial charge in [0.15, 0.2) is 0 Å². The van der Waals surface area contributed by atoms with Crippen molar-refractivity contribution in [3.05, 3.63) is 123 Å². The van der Waals surface area contributed by atoms with E-state index in [0.29, 0.717) is 30.3 Å². The minimum atomic E-state index is -0.147. The highest BCUT2D eigenvalue weighted by molar-refractivity contribution is 9.12. The summed E-state index contributed by atoms with van der Waals surface area (Å²) in [6, 6.07) is 16.8. The number of nitrogens with zero attached hydrogens (tertiary/aromatic N) is 2. The zero-order valence-corrected chi connectivity index (χ0v) is 24.5. The van der Waals surface area contributed by atoms with Crippen LogP contribution < -0.4 is 10.2 Å². The van der Waals surface area contributed by atoms with Crippen LogP contribution in [0, 0.1) is 0 Å². The number of benzene rings is 2. The summed E-state index contributed by atoms with van der Waals surface area (Å²) >= 11 is 9.59. The van der Waals surface area contributed by atoms with Crippen LogP contribution in [0.4, 0.5) is 5.69 Å². The lowest BCUT2D eigenvalue weighted by Gasteiger charge is -2.34. The topological polar surface area (TPSA) is 35.6 Å². The lowest BCUT2D eigenvalue weighted by atomic mass is 9.89. The third-order valence-corrected chi connectivity index (χ3v) is 8.22.